The Hall–Kier alpha value is -1.70. The number of rotatable bonds is 8. The Morgan fingerprint density at radius 2 is 1.82 bits per heavy atom. The Morgan fingerprint density at radius 3 is 2.32 bits per heavy atom. The molecule has 1 unspecified atom stereocenters. The number of primary amides is 1. The van der Waals surface area contributed by atoms with Gasteiger partial charge in [0.15, 0.2) is 0 Å². The van der Waals surface area contributed by atoms with Gasteiger partial charge in [0.05, 0.1) is 5.67 Å². The van der Waals surface area contributed by atoms with Gasteiger partial charge in [0.2, 0.25) is 5.91 Å². The Labute approximate surface area is 131 Å². The maximum Gasteiger partial charge on any atom is 0.356 e. The first-order valence-corrected chi connectivity index (χ1v) is 9.49. The van der Waals surface area contributed by atoms with Crippen LogP contribution in [0.1, 0.15) is 37.0 Å². The molecule has 0 aromatic heterocycles. The van der Waals surface area contributed by atoms with Gasteiger partial charge in [0, 0.05) is 18.0 Å². The fourth-order valence-corrected chi connectivity index (χ4v) is 4.32. The van der Waals surface area contributed by atoms with Gasteiger partial charge in [-0.3, -0.25) is 9.59 Å². The van der Waals surface area contributed by atoms with Crippen molar-refractivity contribution in [3.05, 3.63) is 35.9 Å². The van der Waals surface area contributed by atoms with Crippen LogP contribution >= 0.6 is 0 Å². The lowest BCUT2D eigenvalue weighted by Crippen LogP contribution is -2.58. The molecule has 0 radical (unpaired) electrons. The van der Waals surface area contributed by atoms with Crippen LogP contribution in [0.2, 0.25) is 6.04 Å². The lowest BCUT2D eigenvalue weighted by Gasteiger charge is -2.30. The second-order valence-electron chi connectivity index (χ2n) is 5.87. The van der Waals surface area contributed by atoms with Gasteiger partial charge in [-0.2, -0.15) is 0 Å². The maximum absolute atomic E-state index is 12.2. The molecule has 0 heterocycles. The number of nitrogens with two attached hydrogens (primary N) is 1. The van der Waals surface area contributed by atoms with Crippen molar-refractivity contribution in [2.24, 2.45) is 11.7 Å². The van der Waals surface area contributed by atoms with Crippen LogP contribution in [0, 0.1) is 5.92 Å². The summed E-state index contributed by atoms with van der Waals surface area (Å²) in [5.74, 6) is -0.774. The summed E-state index contributed by atoms with van der Waals surface area (Å²) in [6.45, 7) is 3.86. The van der Waals surface area contributed by atoms with Crippen molar-refractivity contribution in [1.82, 2.24) is 5.32 Å². The lowest BCUT2D eigenvalue weighted by atomic mass is 10.1. The van der Waals surface area contributed by atoms with Crippen molar-refractivity contribution in [2.45, 2.75) is 38.4 Å². The van der Waals surface area contributed by atoms with Crippen molar-refractivity contribution < 1.29 is 19.2 Å². The first kappa shape index (κ1) is 18.3. The monoisotopic (exact) mass is 324 g/mol. The molecule has 0 saturated carbocycles. The van der Waals surface area contributed by atoms with Crippen LogP contribution in [0.15, 0.2) is 30.3 Å². The normalized spacial score (nSPS) is 13.0. The van der Waals surface area contributed by atoms with Crippen molar-refractivity contribution in [1.29, 1.82) is 0 Å². The van der Waals surface area contributed by atoms with Gasteiger partial charge in [-0.05, 0) is 24.5 Å². The van der Waals surface area contributed by atoms with Gasteiger partial charge < -0.3 is 20.6 Å². The molecule has 1 rings (SSSR count). The molecule has 6 nitrogen and oxygen atoms in total. The summed E-state index contributed by atoms with van der Waals surface area (Å²) >= 11 is 0. The van der Waals surface area contributed by atoms with Gasteiger partial charge in [-0.25, -0.2) is 0 Å². The predicted molar refractivity (Wildman–Crippen MR) is 86.0 cm³/mol. The molecular formula is C15H24N2O4Si. The van der Waals surface area contributed by atoms with Crippen LogP contribution in [0.5, 0.6) is 0 Å². The van der Waals surface area contributed by atoms with Crippen molar-refractivity contribution in [3.63, 3.8) is 0 Å². The predicted octanol–water partition coefficient (Wildman–Crippen LogP) is 0.672. The summed E-state index contributed by atoms with van der Waals surface area (Å²) in [7, 11) is -3.79. The highest BCUT2D eigenvalue weighted by molar-refractivity contribution is 6.66. The molecule has 7 heteroatoms. The molecule has 0 spiro atoms. The second kappa shape index (κ2) is 8.07. The van der Waals surface area contributed by atoms with Crippen LogP contribution in [0.25, 0.3) is 0 Å². The van der Waals surface area contributed by atoms with Crippen LogP contribution in [-0.2, 0) is 4.79 Å². The van der Waals surface area contributed by atoms with Crippen LogP contribution in [-0.4, -0.2) is 35.6 Å². The third-order valence-corrected chi connectivity index (χ3v) is 5.83. The Balaban J connectivity index is 2.83. The summed E-state index contributed by atoms with van der Waals surface area (Å²) in [4.78, 5) is 43.8. The highest BCUT2D eigenvalue weighted by Crippen LogP contribution is 2.18. The minimum absolute atomic E-state index is 0.0885. The topological polar surface area (TPSA) is 113 Å². The third-order valence-electron chi connectivity index (χ3n) is 3.35. The number of carbonyl (C=O) groups excluding carboxylic acids is 2. The number of nitrogens with one attached hydrogen (secondary N) is 1. The molecule has 22 heavy (non-hydrogen) atoms. The third kappa shape index (κ3) is 5.96. The second-order valence-corrected chi connectivity index (χ2v) is 8.82. The largest absolute Gasteiger partial charge is 0.409 e. The highest BCUT2D eigenvalue weighted by atomic mass is 28.4. The smallest absolute Gasteiger partial charge is 0.356 e. The number of benzene rings is 1. The van der Waals surface area contributed by atoms with Crippen molar-refractivity contribution >= 4 is 20.4 Å². The van der Waals surface area contributed by atoms with E-state index in [2.05, 4.69) is 5.32 Å². The number of hydrogen-bond acceptors (Lipinski definition) is 4. The molecule has 1 atom stereocenters. The maximum atomic E-state index is 12.2. The molecule has 0 aliphatic rings. The first-order valence-electron chi connectivity index (χ1n) is 7.31. The van der Waals surface area contributed by atoms with E-state index in [9.17, 15) is 19.2 Å². The van der Waals surface area contributed by atoms with Crippen molar-refractivity contribution in [3.8, 4) is 0 Å². The molecular weight excluding hydrogens is 300 g/mol. The molecule has 0 bridgehead atoms. The fourth-order valence-electron chi connectivity index (χ4n) is 2.15. The molecule has 2 amide bonds. The van der Waals surface area contributed by atoms with E-state index in [1.54, 1.807) is 30.3 Å². The zero-order chi connectivity index (χ0) is 16.8. The summed E-state index contributed by atoms with van der Waals surface area (Å²) in [6, 6.07) is 8.50. The molecule has 122 valence electrons. The molecule has 1 aromatic carbocycles. The van der Waals surface area contributed by atoms with Gasteiger partial charge >= 0.3 is 8.56 Å². The van der Waals surface area contributed by atoms with E-state index >= 15 is 0 Å². The number of amides is 2. The Bertz CT molecular complexity index is 506. The zero-order valence-corrected chi connectivity index (χ0v) is 14.0. The van der Waals surface area contributed by atoms with E-state index < -0.39 is 20.1 Å². The molecule has 1 aromatic rings. The molecule has 0 fully saturated rings. The van der Waals surface area contributed by atoms with Crippen LogP contribution in [0.3, 0.4) is 0 Å². The summed E-state index contributed by atoms with van der Waals surface area (Å²) in [5.41, 5.74) is 4.77. The van der Waals surface area contributed by atoms with E-state index in [0.29, 0.717) is 12.0 Å². The number of hydrogen-bond donors (Lipinski definition) is 4. The summed E-state index contributed by atoms with van der Waals surface area (Å²) < 4.78 is 0. The number of carbonyl (C=O) groups is 2. The van der Waals surface area contributed by atoms with Crippen molar-refractivity contribution in [2.75, 3.05) is 0 Å². The zero-order valence-electron chi connectivity index (χ0n) is 13.0. The molecule has 5 N–H and O–H groups in total. The van der Waals surface area contributed by atoms with Crippen LogP contribution in [0.4, 0.5) is 0 Å². The van der Waals surface area contributed by atoms with E-state index in [-0.39, 0.29) is 24.3 Å². The van der Waals surface area contributed by atoms with E-state index in [1.165, 1.54) is 0 Å². The molecule has 0 aliphatic carbocycles. The van der Waals surface area contributed by atoms with E-state index in [0.717, 1.165) is 0 Å². The van der Waals surface area contributed by atoms with E-state index in [1.807, 2.05) is 13.8 Å². The van der Waals surface area contributed by atoms with Gasteiger partial charge in [-0.15, -0.1) is 0 Å². The molecule has 0 saturated heterocycles. The lowest BCUT2D eigenvalue weighted by molar-refractivity contribution is -0.117. The average Bonchev–Trinajstić information content (AvgIpc) is 2.45. The summed E-state index contributed by atoms with van der Waals surface area (Å²) in [6.07, 6.45) is 0.325. The highest BCUT2D eigenvalue weighted by Gasteiger charge is 2.41. The first-order chi connectivity index (χ1) is 10.2. The Morgan fingerprint density at radius 1 is 1.23 bits per heavy atom. The standard InChI is InChI=1S/C15H24N2O4Si/c1-11(2)10-14(22(20,21)9-8-13(16)18)17-15(19)12-6-4-3-5-7-12/h3-7,11,14,20-21H,8-10H2,1-2H3,(H2,16,18)(H,17,19). The fraction of sp³-hybridized carbons (Fsp3) is 0.467. The Kier molecular flexibility index (Phi) is 6.73. The van der Waals surface area contributed by atoms with Crippen LogP contribution < -0.4 is 11.1 Å². The SMILES string of the molecule is CC(C)CC(NC(=O)c1ccccc1)[Si](O)(O)CCC(N)=O. The minimum Gasteiger partial charge on any atom is -0.409 e. The van der Waals surface area contributed by atoms with Gasteiger partial charge in [-0.1, -0.05) is 32.0 Å². The average molecular weight is 324 g/mol. The minimum atomic E-state index is -3.79. The van der Waals surface area contributed by atoms with Gasteiger partial charge in [0.25, 0.3) is 5.91 Å². The van der Waals surface area contributed by atoms with E-state index in [4.69, 9.17) is 5.73 Å². The molecule has 0 aliphatic heterocycles. The summed E-state index contributed by atoms with van der Waals surface area (Å²) in [5, 5.41) is 2.70. The quantitative estimate of drug-likeness (QED) is 0.526. The van der Waals surface area contributed by atoms with Gasteiger partial charge in [0.1, 0.15) is 0 Å².